The number of amides is 3. The maximum atomic E-state index is 13.5. The Morgan fingerprint density at radius 1 is 1.19 bits per heavy atom. The number of carbonyl (C=O) groups excluding carboxylic acids is 3. The maximum absolute atomic E-state index is 13.5. The molecule has 9 heteroatoms. The molecule has 8 nitrogen and oxygen atoms in total. The van der Waals surface area contributed by atoms with Gasteiger partial charge in [-0.15, -0.1) is 11.3 Å². The van der Waals surface area contributed by atoms with Crippen molar-refractivity contribution in [3.05, 3.63) is 51.3 Å². The van der Waals surface area contributed by atoms with E-state index < -0.39 is 6.04 Å². The number of rotatable bonds is 3. The molecule has 1 fully saturated rings. The Labute approximate surface area is 189 Å². The lowest BCUT2D eigenvalue weighted by molar-refractivity contribution is -0.138. The fraction of sp³-hybridized carbons (Fsp3) is 0.391. The molecule has 3 aromatic rings. The standard InChI is InChI=1S/C23H25N5O3S/c1-24-21(29)20-11-16-13-27(9-7-19(16)32-20)23(31)18-4-2-3-8-28(18)22(30)14-5-6-17-15(10-14)12-25-26-17/h5-6,10-12,18H,2-4,7-9,13H2,1H3,(H,24,29)(H,25,26)/t18-/m1/s1. The van der Waals surface area contributed by atoms with Gasteiger partial charge in [0.05, 0.1) is 16.6 Å². The lowest BCUT2D eigenvalue weighted by Gasteiger charge is -2.38. The Kier molecular flexibility index (Phi) is 5.42. The molecule has 0 saturated carbocycles. The summed E-state index contributed by atoms with van der Waals surface area (Å²) in [7, 11) is 1.62. The second-order valence-corrected chi connectivity index (χ2v) is 9.47. The van der Waals surface area contributed by atoms with Gasteiger partial charge in [0.25, 0.3) is 11.8 Å². The highest BCUT2D eigenvalue weighted by Gasteiger charge is 2.36. The lowest BCUT2D eigenvalue weighted by Crippen LogP contribution is -2.53. The normalized spacial score (nSPS) is 18.5. The highest BCUT2D eigenvalue weighted by molar-refractivity contribution is 7.14. The van der Waals surface area contributed by atoms with Gasteiger partial charge in [-0.2, -0.15) is 5.10 Å². The zero-order valence-electron chi connectivity index (χ0n) is 17.9. The highest BCUT2D eigenvalue weighted by Crippen LogP contribution is 2.30. The first kappa shape index (κ1) is 20.7. The number of aromatic nitrogens is 2. The zero-order chi connectivity index (χ0) is 22.2. The average Bonchev–Trinajstić information content (AvgIpc) is 3.48. The van der Waals surface area contributed by atoms with Gasteiger partial charge in [-0.05, 0) is 55.5 Å². The molecule has 0 unspecified atom stereocenters. The summed E-state index contributed by atoms with van der Waals surface area (Å²) in [5.41, 5.74) is 2.49. The van der Waals surface area contributed by atoms with Gasteiger partial charge in [0.15, 0.2) is 0 Å². The van der Waals surface area contributed by atoms with E-state index in [4.69, 9.17) is 0 Å². The summed E-state index contributed by atoms with van der Waals surface area (Å²) in [6.07, 6.45) is 4.94. The summed E-state index contributed by atoms with van der Waals surface area (Å²) >= 11 is 1.50. The molecule has 2 aromatic heterocycles. The number of piperidine rings is 1. The van der Waals surface area contributed by atoms with Crippen LogP contribution in [0.3, 0.4) is 0 Å². The van der Waals surface area contributed by atoms with Crippen molar-refractivity contribution < 1.29 is 14.4 Å². The molecule has 3 amide bonds. The number of thiophene rings is 1. The van der Waals surface area contributed by atoms with Crippen LogP contribution in [-0.2, 0) is 17.8 Å². The Hall–Kier alpha value is -3.20. The molecule has 5 rings (SSSR count). The number of nitrogens with zero attached hydrogens (tertiary/aromatic N) is 3. The number of carbonyl (C=O) groups is 3. The molecule has 166 valence electrons. The number of nitrogens with one attached hydrogen (secondary N) is 2. The Balaban J connectivity index is 1.35. The van der Waals surface area contributed by atoms with Crippen LogP contribution >= 0.6 is 11.3 Å². The molecule has 1 aromatic carbocycles. The summed E-state index contributed by atoms with van der Waals surface area (Å²) in [4.78, 5) is 44.3. The van der Waals surface area contributed by atoms with Gasteiger partial charge in [-0.25, -0.2) is 0 Å². The quantitative estimate of drug-likeness (QED) is 0.639. The van der Waals surface area contributed by atoms with Gasteiger partial charge in [-0.3, -0.25) is 19.5 Å². The molecule has 2 N–H and O–H groups in total. The van der Waals surface area contributed by atoms with Gasteiger partial charge in [0.1, 0.15) is 6.04 Å². The van der Waals surface area contributed by atoms with E-state index in [9.17, 15) is 14.4 Å². The van der Waals surface area contributed by atoms with Crippen molar-refractivity contribution in [2.45, 2.75) is 38.3 Å². The Morgan fingerprint density at radius 2 is 2.06 bits per heavy atom. The van der Waals surface area contributed by atoms with Crippen LogP contribution in [0.2, 0.25) is 0 Å². The van der Waals surface area contributed by atoms with Gasteiger partial charge >= 0.3 is 0 Å². The van der Waals surface area contributed by atoms with E-state index in [0.29, 0.717) is 36.5 Å². The molecule has 0 bridgehead atoms. The number of H-pyrrole nitrogens is 1. The van der Waals surface area contributed by atoms with Crippen molar-refractivity contribution in [3.63, 3.8) is 0 Å². The third-order valence-corrected chi connectivity index (χ3v) is 7.60. The van der Waals surface area contributed by atoms with Crippen molar-refractivity contribution >= 4 is 40.0 Å². The van der Waals surface area contributed by atoms with Gasteiger partial charge in [0, 0.05) is 42.5 Å². The summed E-state index contributed by atoms with van der Waals surface area (Å²) in [5, 5.41) is 10.5. The van der Waals surface area contributed by atoms with Crippen LogP contribution in [0.1, 0.15) is 49.7 Å². The Morgan fingerprint density at radius 3 is 2.91 bits per heavy atom. The molecule has 0 spiro atoms. The minimum Gasteiger partial charge on any atom is -0.354 e. The third kappa shape index (κ3) is 3.66. The SMILES string of the molecule is CNC(=O)c1cc2c(s1)CCN(C(=O)[C@H]1CCCCN1C(=O)c1ccc3[nH]ncc3c1)C2. The van der Waals surface area contributed by atoms with E-state index in [1.807, 2.05) is 23.1 Å². The van der Waals surface area contributed by atoms with Crippen LogP contribution < -0.4 is 5.32 Å². The summed E-state index contributed by atoms with van der Waals surface area (Å²) < 4.78 is 0. The minimum absolute atomic E-state index is 0.000724. The summed E-state index contributed by atoms with van der Waals surface area (Å²) in [6, 6.07) is 6.91. The minimum atomic E-state index is -0.449. The second kappa shape index (κ2) is 8.38. The van der Waals surface area contributed by atoms with Crippen LogP contribution in [0, 0.1) is 0 Å². The molecule has 1 atom stereocenters. The van der Waals surface area contributed by atoms with E-state index in [-0.39, 0.29) is 17.7 Å². The highest BCUT2D eigenvalue weighted by atomic mass is 32.1. The van der Waals surface area contributed by atoms with Crippen LogP contribution in [0.4, 0.5) is 0 Å². The molecule has 2 aliphatic heterocycles. The van der Waals surface area contributed by atoms with Crippen molar-refractivity contribution in [1.82, 2.24) is 25.3 Å². The number of likely N-dealkylation sites (tertiary alicyclic amines) is 1. The Bertz CT molecular complexity index is 1200. The van der Waals surface area contributed by atoms with E-state index in [2.05, 4.69) is 15.5 Å². The molecular weight excluding hydrogens is 426 g/mol. The number of hydrogen-bond acceptors (Lipinski definition) is 5. The maximum Gasteiger partial charge on any atom is 0.261 e. The first-order chi connectivity index (χ1) is 15.5. The van der Waals surface area contributed by atoms with Crippen molar-refractivity contribution in [2.24, 2.45) is 0 Å². The summed E-state index contributed by atoms with van der Waals surface area (Å²) in [5.74, 6) is -0.206. The first-order valence-electron chi connectivity index (χ1n) is 10.9. The molecule has 1 saturated heterocycles. The van der Waals surface area contributed by atoms with Crippen LogP contribution in [0.25, 0.3) is 10.9 Å². The van der Waals surface area contributed by atoms with E-state index >= 15 is 0 Å². The fourth-order valence-electron chi connectivity index (χ4n) is 4.64. The number of benzene rings is 1. The second-order valence-electron chi connectivity index (χ2n) is 8.33. The van der Waals surface area contributed by atoms with Gasteiger partial charge in [0.2, 0.25) is 5.91 Å². The monoisotopic (exact) mass is 451 g/mol. The first-order valence-corrected chi connectivity index (χ1v) is 11.7. The van der Waals surface area contributed by atoms with Crippen molar-refractivity contribution in [2.75, 3.05) is 20.1 Å². The predicted octanol–water partition coefficient (Wildman–Crippen LogP) is 2.56. The van der Waals surface area contributed by atoms with E-state index in [0.717, 1.165) is 40.6 Å². The van der Waals surface area contributed by atoms with Gasteiger partial charge < -0.3 is 15.1 Å². The van der Waals surface area contributed by atoms with Crippen molar-refractivity contribution in [1.29, 1.82) is 0 Å². The fourth-order valence-corrected chi connectivity index (χ4v) is 5.75. The van der Waals surface area contributed by atoms with E-state index in [1.54, 1.807) is 24.2 Å². The van der Waals surface area contributed by atoms with Crippen LogP contribution in [0.15, 0.2) is 30.5 Å². The molecule has 32 heavy (non-hydrogen) atoms. The number of hydrogen-bond donors (Lipinski definition) is 2. The van der Waals surface area contributed by atoms with Crippen molar-refractivity contribution in [3.8, 4) is 0 Å². The lowest BCUT2D eigenvalue weighted by atomic mass is 9.98. The molecule has 0 aliphatic carbocycles. The van der Waals surface area contributed by atoms with Gasteiger partial charge in [-0.1, -0.05) is 0 Å². The zero-order valence-corrected chi connectivity index (χ0v) is 18.7. The molecule has 2 aliphatic rings. The third-order valence-electron chi connectivity index (χ3n) is 6.37. The van der Waals surface area contributed by atoms with Crippen LogP contribution in [0.5, 0.6) is 0 Å². The average molecular weight is 452 g/mol. The largest absolute Gasteiger partial charge is 0.354 e. The van der Waals surface area contributed by atoms with E-state index in [1.165, 1.54) is 11.3 Å². The topological polar surface area (TPSA) is 98.4 Å². The smallest absolute Gasteiger partial charge is 0.261 e. The predicted molar refractivity (Wildman–Crippen MR) is 122 cm³/mol. The molecular formula is C23H25N5O3S. The molecule has 4 heterocycles. The number of fused-ring (bicyclic) bond motifs is 2. The number of aromatic amines is 1. The molecule has 0 radical (unpaired) electrons. The van der Waals surface area contributed by atoms with Crippen LogP contribution in [-0.4, -0.2) is 63.9 Å². The summed E-state index contributed by atoms with van der Waals surface area (Å²) in [6.45, 7) is 1.68.